The van der Waals surface area contributed by atoms with Gasteiger partial charge in [0.05, 0.1) is 24.3 Å². The van der Waals surface area contributed by atoms with Gasteiger partial charge in [-0.1, -0.05) is 42.5 Å². The molecule has 2 aromatic carbocycles. The molecule has 1 aliphatic heterocycles. The van der Waals surface area contributed by atoms with Crippen molar-refractivity contribution in [2.24, 2.45) is 0 Å². The molecule has 0 radical (unpaired) electrons. The van der Waals surface area contributed by atoms with E-state index in [1.165, 1.54) is 7.11 Å². The van der Waals surface area contributed by atoms with E-state index in [-0.39, 0.29) is 6.61 Å². The molecule has 1 atom stereocenters. The number of hydrogen-bond donors (Lipinski definition) is 2. The summed E-state index contributed by atoms with van der Waals surface area (Å²) in [4.78, 5) is 24.5. The van der Waals surface area contributed by atoms with E-state index >= 15 is 0 Å². The van der Waals surface area contributed by atoms with Crippen LogP contribution in [0, 0.1) is 0 Å². The molecule has 2 N–H and O–H groups in total. The number of methoxy groups -OCH3 is 1. The normalized spacial score (nSPS) is 16.1. The number of rotatable bonds is 5. The van der Waals surface area contributed by atoms with Gasteiger partial charge in [0, 0.05) is 5.70 Å². The fraction of sp³-hybridized carbons (Fsp3) is 0.190. The minimum Gasteiger partial charge on any atom is -0.465 e. The number of ether oxygens (including phenoxy) is 2. The number of nitrogens with one attached hydrogen (secondary N) is 2. The number of benzene rings is 2. The number of hydrogen-bond acceptors (Lipinski definition) is 5. The third-order valence-corrected chi connectivity index (χ3v) is 4.59. The maximum atomic E-state index is 12.8. The second-order valence-electron chi connectivity index (χ2n) is 6.25. The lowest BCUT2D eigenvalue weighted by Crippen LogP contribution is -2.45. The second kappa shape index (κ2) is 8.67. The summed E-state index contributed by atoms with van der Waals surface area (Å²) in [7, 11) is 1.33. The lowest BCUT2D eigenvalue weighted by molar-refractivity contribution is -0.140. The number of allylic oxidation sites excluding steroid dienone is 1. The van der Waals surface area contributed by atoms with Gasteiger partial charge in [-0.15, -0.1) is 0 Å². The van der Waals surface area contributed by atoms with Gasteiger partial charge in [0.2, 0.25) is 0 Å². The Morgan fingerprint density at radius 2 is 1.71 bits per heavy atom. The molecule has 0 amide bonds. The molecule has 0 spiro atoms. The molecule has 1 aliphatic rings. The van der Waals surface area contributed by atoms with Crippen LogP contribution in [0.15, 0.2) is 65.9 Å². The van der Waals surface area contributed by atoms with Crippen LogP contribution in [0.4, 0.5) is 0 Å². The average Bonchev–Trinajstić information content (AvgIpc) is 2.71. The van der Waals surface area contributed by atoms with Gasteiger partial charge >= 0.3 is 11.9 Å². The van der Waals surface area contributed by atoms with E-state index < -0.39 is 18.0 Å². The molecule has 1 heterocycles. The first-order valence-electron chi connectivity index (χ1n) is 8.67. The maximum absolute atomic E-state index is 12.8. The van der Waals surface area contributed by atoms with Gasteiger partial charge in [0.15, 0.2) is 5.11 Å². The summed E-state index contributed by atoms with van der Waals surface area (Å²) in [5.41, 5.74) is 3.18. The molecule has 6 nitrogen and oxygen atoms in total. The monoisotopic (exact) mass is 396 g/mol. The van der Waals surface area contributed by atoms with Crippen molar-refractivity contribution in [1.82, 2.24) is 10.6 Å². The second-order valence-corrected chi connectivity index (χ2v) is 6.65. The van der Waals surface area contributed by atoms with Crippen LogP contribution in [0.3, 0.4) is 0 Å². The third kappa shape index (κ3) is 4.37. The summed E-state index contributed by atoms with van der Waals surface area (Å²) < 4.78 is 10.2. The summed E-state index contributed by atoms with van der Waals surface area (Å²) in [5.74, 6) is -0.861. The minimum absolute atomic E-state index is 0.175. The topological polar surface area (TPSA) is 76.7 Å². The average molecular weight is 396 g/mol. The van der Waals surface area contributed by atoms with Gasteiger partial charge < -0.3 is 20.1 Å². The van der Waals surface area contributed by atoms with Crippen LogP contribution in [0.25, 0.3) is 0 Å². The van der Waals surface area contributed by atoms with E-state index in [2.05, 4.69) is 10.6 Å². The molecule has 3 rings (SSSR count). The molecule has 0 unspecified atom stereocenters. The SMILES string of the molecule is COC(=O)c1ccc([C@H]2NC(=S)NC(C)=C2C(=O)OCc2ccccc2)cc1. The zero-order valence-corrected chi connectivity index (χ0v) is 16.3. The summed E-state index contributed by atoms with van der Waals surface area (Å²) in [5, 5.41) is 6.49. The summed E-state index contributed by atoms with van der Waals surface area (Å²) in [6, 6.07) is 15.8. The highest BCUT2D eigenvalue weighted by molar-refractivity contribution is 7.80. The first kappa shape index (κ1) is 19.6. The summed E-state index contributed by atoms with van der Waals surface area (Å²) in [6.07, 6.45) is 0. The van der Waals surface area contributed by atoms with Crippen molar-refractivity contribution >= 4 is 29.3 Å². The van der Waals surface area contributed by atoms with Crippen LogP contribution >= 0.6 is 12.2 Å². The Kier molecular flexibility index (Phi) is 6.06. The number of thiocarbonyl (C=S) groups is 1. The van der Waals surface area contributed by atoms with Gasteiger partial charge in [-0.05, 0) is 42.4 Å². The molecule has 0 bridgehead atoms. The molecule has 0 aliphatic carbocycles. The minimum atomic E-state index is -0.483. The van der Waals surface area contributed by atoms with E-state index in [4.69, 9.17) is 21.7 Å². The molecule has 0 fully saturated rings. The summed E-state index contributed by atoms with van der Waals surface area (Å²) >= 11 is 5.24. The van der Waals surface area contributed by atoms with Crippen molar-refractivity contribution in [3.05, 3.63) is 82.6 Å². The van der Waals surface area contributed by atoms with Crippen LogP contribution in [-0.2, 0) is 20.9 Å². The molecule has 28 heavy (non-hydrogen) atoms. The molecular formula is C21H20N2O4S. The molecule has 144 valence electrons. The van der Waals surface area contributed by atoms with Crippen molar-refractivity contribution in [2.75, 3.05) is 7.11 Å². The number of esters is 2. The lowest BCUT2D eigenvalue weighted by atomic mass is 9.95. The van der Waals surface area contributed by atoms with Crippen molar-refractivity contribution in [3.63, 3.8) is 0 Å². The highest BCUT2D eigenvalue weighted by Gasteiger charge is 2.31. The smallest absolute Gasteiger partial charge is 0.338 e. The van der Waals surface area contributed by atoms with E-state index in [1.807, 2.05) is 30.3 Å². The molecular weight excluding hydrogens is 376 g/mol. The van der Waals surface area contributed by atoms with Crippen LogP contribution in [0.5, 0.6) is 0 Å². The van der Waals surface area contributed by atoms with Crippen LogP contribution in [0.2, 0.25) is 0 Å². The standard InChI is InChI=1S/C21H20N2O4S/c1-13-17(20(25)27-12-14-6-4-3-5-7-14)18(23-21(28)22-13)15-8-10-16(11-9-15)19(24)26-2/h3-11,18H,12H2,1-2H3,(H2,22,23,28)/t18-/m1/s1. The van der Waals surface area contributed by atoms with Crippen molar-refractivity contribution < 1.29 is 19.1 Å². The lowest BCUT2D eigenvalue weighted by Gasteiger charge is -2.30. The largest absolute Gasteiger partial charge is 0.465 e. The Morgan fingerprint density at radius 1 is 1.04 bits per heavy atom. The fourth-order valence-corrected chi connectivity index (χ4v) is 3.22. The quantitative estimate of drug-likeness (QED) is 0.594. The zero-order chi connectivity index (χ0) is 20.1. The predicted molar refractivity (Wildman–Crippen MR) is 108 cm³/mol. The first-order chi connectivity index (χ1) is 13.5. The van der Waals surface area contributed by atoms with Crippen molar-refractivity contribution in [2.45, 2.75) is 19.6 Å². The Balaban J connectivity index is 1.84. The van der Waals surface area contributed by atoms with E-state index in [1.54, 1.807) is 31.2 Å². The predicted octanol–water partition coefficient (Wildman–Crippen LogP) is 3.01. The third-order valence-electron chi connectivity index (χ3n) is 4.37. The highest BCUT2D eigenvalue weighted by Crippen LogP contribution is 2.28. The highest BCUT2D eigenvalue weighted by atomic mass is 32.1. The zero-order valence-electron chi connectivity index (χ0n) is 15.5. The van der Waals surface area contributed by atoms with Crippen LogP contribution in [-0.4, -0.2) is 24.2 Å². The van der Waals surface area contributed by atoms with Gasteiger partial charge in [0.25, 0.3) is 0 Å². The Morgan fingerprint density at radius 3 is 2.36 bits per heavy atom. The van der Waals surface area contributed by atoms with Crippen molar-refractivity contribution in [3.8, 4) is 0 Å². The van der Waals surface area contributed by atoms with E-state index in [0.717, 1.165) is 11.1 Å². The van der Waals surface area contributed by atoms with E-state index in [0.29, 0.717) is 21.9 Å². The fourth-order valence-electron chi connectivity index (χ4n) is 2.94. The molecule has 0 aromatic heterocycles. The van der Waals surface area contributed by atoms with Crippen LogP contribution in [0.1, 0.15) is 34.5 Å². The van der Waals surface area contributed by atoms with Gasteiger partial charge in [-0.2, -0.15) is 0 Å². The van der Waals surface area contributed by atoms with E-state index in [9.17, 15) is 9.59 Å². The molecule has 7 heteroatoms. The Hall–Kier alpha value is -3.19. The maximum Gasteiger partial charge on any atom is 0.338 e. The number of carbonyl (C=O) groups is 2. The van der Waals surface area contributed by atoms with Gasteiger partial charge in [-0.3, -0.25) is 0 Å². The number of carbonyl (C=O) groups excluding carboxylic acids is 2. The first-order valence-corrected chi connectivity index (χ1v) is 9.08. The Labute approximate surface area is 168 Å². The van der Waals surface area contributed by atoms with Gasteiger partial charge in [0.1, 0.15) is 6.61 Å². The molecule has 0 saturated heterocycles. The molecule has 2 aromatic rings. The van der Waals surface area contributed by atoms with Crippen LogP contribution < -0.4 is 10.6 Å². The summed E-state index contributed by atoms with van der Waals surface area (Å²) in [6.45, 7) is 1.96. The van der Waals surface area contributed by atoms with Crippen molar-refractivity contribution in [1.29, 1.82) is 0 Å². The van der Waals surface area contributed by atoms with Gasteiger partial charge in [-0.25, -0.2) is 9.59 Å². The molecule has 0 saturated carbocycles. The Bertz CT molecular complexity index is 923.